The Morgan fingerprint density at radius 2 is 2.07 bits per heavy atom. The van der Waals surface area contributed by atoms with Crippen LogP contribution in [0.4, 0.5) is 0 Å². The molecule has 1 heterocycles. The summed E-state index contributed by atoms with van der Waals surface area (Å²) >= 11 is 1.32. The number of benzene rings is 1. The molecule has 3 rings (SSSR count). The number of nitrogens with one attached hydrogen (secondary N) is 1. The van der Waals surface area contributed by atoms with Gasteiger partial charge in [-0.2, -0.15) is 0 Å². The van der Waals surface area contributed by atoms with Crippen molar-refractivity contribution < 1.29 is 4.79 Å². The Labute approximate surface area is 164 Å². The van der Waals surface area contributed by atoms with Crippen molar-refractivity contribution in [2.75, 3.05) is 12.4 Å². The lowest BCUT2D eigenvalue weighted by Gasteiger charge is -2.14. The summed E-state index contributed by atoms with van der Waals surface area (Å²) < 4.78 is 1.45. The number of rotatable bonds is 7. The van der Waals surface area contributed by atoms with Gasteiger partial charge in [0.1, 0.15) is 0 Å². The SMILES string of the molecule is Cc1ccc(-c2nnc(S[C@@H](C)C(=O)NCCC3=CCCCC3)n2N)cc1. The van der Waals surface area contributed by atoms with Gasteiger partial charge in [0.15, 0.2) is 5.82 Å². The number of hydrogen-bond acceptors (Lipinski definition) is 5. The molecule has 2 aromatic rings. The molecule has 3 N–H and O–H groups in total. The molecule has 144 valence electrons. The standard InChI is InChI=1S/C20H27N5OS/c1-14-8-10-17(11-9-14)18-23-24-20(25(18)21)27-15(2)19(26)22-13-12-16-6-4-3-5-7-16/h6,8-11,15H,3-5,7,12-13,21H2,1-2H3,(H,22,26)/t15-/m0/s1. The zero-order valence-corrected chi connectivity index (χ0v) is 16.8. The normalized spacial score (nSPS) is 15.3. The maximum atomic E-state index is 12.4. The van der Waals surface area contributed by atoms with Crippen molar-refractivity contribution in [3.63, 3.8) is 0 Å². The van der Waals surface area contributed by atoms with E-state index in [1.807, 2.05) is 38.1 Å². The average Bonchev–Trinajstić information content (AvgIpc) is 3.03. The molecule has 6 nitrogen and oxygen atoms in total. The maximum absolute atomic E-state index is 12.4. The second-order valence-electron chi connectivity index (χ2n) is 6.95. The first-order valence-corrected chi connectivity index (χ1v) is 10.3. The minimum absolute atomic E-state index is 0.00343. The molecule has 0 saturated heterocycles. The number of carbonyl (C=O) groups excluding carboxylic acids is 1. The fourth-order valence-corrected chi connectivity index (χ4v) is 3.88. The van der Waals surface area contributed by atoms with E-state index in [2.05, 4.69) is 21.6 Å². The van der Waals surface area contributed by atoms with Crippen LogP contribution >= 0.6 is 11.8 Å². The van der Waals surface area contributed by atoms with Crippen LogP contribution in [0, 0.1) is 6.92 Å². The van der Waals surface area contributed by atoms with E-state index < -0.39 is 0 Å². The number of nitrogen functional groups attached to an aromatic ring is 1. The highest BCUT2D eigenvalue weighted by atomic mass is 32.2. The van der Waals surface area contributed by atoms with Gasteiger partial charge in [0.25, 0.3) is 0 Å². The molecule has 1 aliphatic rings. The first-order valence-electron chi connectivity index (χ1n) is 9.44. The quantitative estimate of drug-likeness (QED) is 0.433. The van der Waals surface area contributed by atoms with Crippen molar-refractivity contribution in [2.24, 2.45) is 0 Å². The van der Waals surface area contributed by atoms with Crippen molar-refractivity contribution in [2.45, 2.75) is 56.4 Å². The van der Waals surface area contributed by atoms with E-state index in [0.29, 0.717) is 17.5 Å². The van der Waals surface area contributed by atoms with Crippen LogP contribution in [-0.4, -0.2) is 32.6 Å². The van der Waals surface area contributed by atoms with Crippen LogP contribution in [0.25, 0.3) is 11.4 Å². The number of nitrogens with two attached hydrogens (primary N) is 1. The molecule has 0 fully saturated rings. The van der Waals surface area contributed by atoms with E-state index in [9.17, 15) is 4.79 Å². The number of nitrogens with zero attached hydrogens (tertiary/aromatic N) is 3. The van der Waals surface area contributed by atoms with E-state index >= 15 is 0 Å². The molecular weight excluding hydrogens is 358 g/mol. The minimum atomic E-state index is -0.289. The first-order chi connectivity index (χ1) is 13.0. The number of amides is 1. The highest BCUT2D eigenvalue weighted by Crippen LogP contribution is 2.25. The molecular formula is C20H27N5OS. The second-order valence-corrected chi connectivity index (χ2v) is 8.26. The lowest BCUT2D eigenvalue weighted by molar-refractivity contribution is -0.120. The second kappa shape index (κ2) is 9.08. The number of hydrogen-bond donors (Lipinski definition) is 2. The Kier molecular flexibility index (Phi) is 6.55. The van der Waals surface area contributed by atoms with Gasteiger partial charge in [-0.3, -0.25) is 4.79 Å². The van der Waals surface area contributed by atoms with Gasteiger partial charge < -0.3 is 11.2 Å². The molecule has 27 heavy (non-hydrogen) atoms. The third-order valence-corrected chi connectivity index (χ3v) is 5.81. The Morgan fingerprint density at radius 1 is 1.30 bits per heavy atom. The largest absolute Gasteiger partial charge is 0.355 e. The first kappa shape index (κ1) is 19.5. The lowest BCUT2D eigenvalue weighted by atomic mass is 9.97. The average molecular weight is 386 g/mol. The fourth-order valence-electron chi connectivity index (χ4n) is 3.09. The molecule has 1 atom stereocenters. The molecule has 0 saturated carbocycles. The summed E-state index contributed by atoms with van der Waals surface area (Å²) in [6.45, 7) is 4.57. The molecule has 0 spiro atoms. The van der Waals surface area contributed by atoms with Crippen molar-refractivity contribution in [3.8, 4) is 11.4 Å². The van der Waals surface area contributed by atoms with E-state index in [1.54, 1.807) is 0 Å². The molecule has 1 aromatic heterocycles. The molecule has 1 aromatic carbocycles. The molecule has 1 aliphatic carbocycles. The van der Waals surface area contributed by atoms with Crippen molar-refractivity contribution in [3.05, 3.63) is 41.5 Å². The Hall–Kier alpha value is -2.28. The minimum Gasteiger partial charge on any atom is -0.355 e. The van der Waals surface area contributed by atoms with Gasteiger partial charge in [0.05, 0.1) is 5.25 Å². The number of carbonyl (C=O) groups is 1. The monoisotopic (exact) mass is 385 g/mol. The summed E-state index contributed by atoms with van der Waals surface area (Å²) in [5.74, 6) is 6.74. The number of aromatic nitrogens is 3. The van der Waals surface area contributed by atoms with Crippen LogP contribution in [0.3, 0.4) is 0 Å². The van der Waals surface area contributed by atoms with E-state index in [0.717, 1.165) is 18.4 Å². The lowest BCUT2D eigenvalue weighted by Crippen LogP contribution is -2.32. The molecule has 0 unspecified atom stereocenters. The highest BCUT2D eigenvalue weighted by molar-refractivity contribution is 8.00. The van der Waals surface area contributed by atoms with Gasteiger partial charge in [-0.15, -0.1) is 10.2 Å². The summed E-state index contributed by atoms with van der Waals surface area (Å²) in [5.41, 5.74) is 3.54. The van der Waals surface area contributed by atoms with Crippen LogP contribution in [0.5, 0.6) is 0 Å². The van der Waals surface area contributed by atoms with Gasteiger partial charge >= 0.3 is 0 Å². The summed E-state index contributed by atoms with van der Waals surface area (Å²) in [7, 11) is 0. The molecule has 7 heteroatoms. The van der Waals surface area contributed by atoms with E-state index in [1.165, 1.54) is 46.8 Å². The van der Waals surface area contributed by atoms with Crippen LogP contribution in [0.2, 0.25) is 0 Å². The van der Waals surface area contributed by atoms with Crippen LogP contribution in [0.15, 0.2) is 41.1 Å². The highest BCUT2D eigenvalue weighted by Gasteiger charge is 2.19. The summed E-state index contributed by atoms with van der Waals surface area (Å²) in [4.78, 5) is 12.4. The van der Waals surface area contributed by atoms with Crippen molar-refractivity contribution in [1.29, 1.82) is 0 Å². The Morgan fingerprint density at radius 3 is 2.78 bits per heavy atom. The summed E-state index contributed by atoms with van der Waals surface area (Å²) in [6, 6.07) is 7.95. The van der Waals surface area contributed by atoms with Crippen LogP contribution in [0.1, 0.15) is 44.6 Å². The molecule has 0 bridgehead atoms. The topological polar surface area (TPSA) is 85.8 Å². The van der Waals surface area contributed by atoms with Crippen molar-refractivity contribution in [1.82, 2.24) is 20.2 Å². The predicted molar refractivity (Wildman–Crippen MR) is 110 cm³/mol. The van der Waals surface area contributed by atoms with Crippen LogP contribution < -0.4 is 11.2 Å². The van der Waals surface area contributed by atoms with Crippen LogP contribution in [-0.2, 0) is 4.79 Å². The summed E-state index contributed by atoms with van der Waals surface area (Å²) in [6.07, 6.45) is 8.14. The van der Waals surface area contributed by atoms with Gasteiger partial charge in [0, 0.05) is 12.1 Å². The zero-order chi connectivity index (χ0) is 19.2. The smallest absolute Gasteiger partial charge is 0.233 e. The van der Waals surface area contributed by atoms with E-state index in [4.69, 9.17) is 5.84 Å². The molecule has 0 aliphatic heterocycles. The predicted octanol–water partition coefficient (Wildman–Crippen LogP) is 3.45. The Balaban J connectivity index is 1.54. The molecule has 1 amide bonds. The number of aryl methyl sites for hydroxylation is 1. The zero-order valence-electron chi connectivity index (χ0n) is 15.9. The Bertz CT molecular complexity index is 812. The van der Waals surface area contributed by atoms with E-state index in [-0.39, 0.29) is 11.2 Å². The third-order valence-electron chi connectivity index (χ3n) is 4.76. The number of thioether (sulfide) groups is 1. The van der Waals surface area contributed by atoms with Gasteiger partial charge in [-0.1, -0.05) is 53.2 Å². The third kappa shape index (κ3) is 5.13. The maximum Gasteiger partial charge on any atom is 0.233 e. The van der Waals surface area contributed by atoms with Gasteiger partial charge in [-0.05, 0) is 46.0 Å². The molecule has 0 radical (unpaired) electrons. The number of allylic oxidation sites excluding steroid dienone is 1. The van der Waals surface area contributed by atoms with Gasteiger partial charge in [0.2, 0.25) is 11.1 Å². The summed E-state index contributed by atoms with van der Waals surface area (Å²) in [5, 5.41) is 11.6. The fraction of sp³-hybridized carbons (Fsp3) is 0.450. The van der Waals surface area contributed by atoms with Crippen molar-refractivity contribution >= 4 is 17.7 Å². The van der Waals surface area contributed by atoms with Gasteiger partial charge in [-0.25, -0.2) is 4.68 Å².